The van der Waals surface area contributed by atoms with E-state index in [2.05, 4.69) is 15.2 Å². The Morgan fingerprint density at radius 2 is 2.17 bits per heavy atom. The summed E-state index contributed by atoms with van der Waals surface area (Å²) in [7, 11) is 0. The van der Waals surface area contributed by atoms with Gasteiger partial charge in [-0.05, 0) is 55.2 Å². The fraction of sp³-hybridized carbons (Fsp3) is 0.364. The SMILES string of the molecule is CCOC(=O)C=Cc1cnc(NC2CCN(Cc3cccc(F)c3)CC2)c(Cl)c1. The van der Waals surface area contributed by atoms with Crippen molar-refractivity contribution in [2.75, 3.05) is 25.0 Å². The van der Waals surface area contributed by atoms with E-state index in [1.807, 2.05) is 6.07 Å². The number of esters is 1. The van der Waals surface area contributed by atoms with Gasteiger partial charge < -0.3 is 10.1 Å². The van der Waals surface area contributed by atoms with Crippen molar-refractivity contribution in [2.45, 2.75) is 32.4 Å². The van der Waals surface area contributed by atoms with Gasteiger partial charge in [0.25, 0.3) is 0 Å². The molecule has 2 heterocycles. The number of hydrogen-bond acceptors (Lipinski definition) is 5. The number of nitrogens with one attached hydrogen (secondary N) is 1. The number of rotatable bonds is 7. The van der Waals surface area contributed by atoms with E-state index < -0.39 is 5.97 Å². The second-order valence-corrected chi connectivity index (χ2v) is 7.42. The van der Waals surface area contributed by atoms with Gasteiger partial charge in [0.15, 0.2) is 0 Å². The number of nitrogens with zero attached hydrogens (tertiary/aromatic N) is 2. The number of benzene rings is 1. The second-order valence-electron chi connectivity index (χ2n) is 7.01. The van der Waals surface area contributed by atoms with Crippen molar-refractivity contribution in [3.8, 4) is 0 Å². The summed E-state index contributed by atoms with van der Waals surface area (Å²) < 4.78 is 18.2. The van der Waals surface area contributed by atoms with Crippen LogP contribution in [0.15, 0.2) is 42.6 Å². The minimum Gasteiger partial charge on any atom is -0.463 e. The molecule has 1 N–H and O–H groups in total. The third-order valence-corrected chi connectivity index (χ3v) is 5.07. The lowest BCUT2D eigenvalue weighted by Gasteiger charge is -2.32. The minimum absolute atomic E-state index is 0.194. The van der Waals surface area contributed by atoms with E-state index in [0.717, 1.165) is 43.6 Å². The van der Waals surface area contributed by atoms with Crippen molar-refractivity contribution in [2.24, 2.45) is 0 Å². The van der Waals surface area contributed by atoms with Crippen LogP contribution in [0, 0.1) is 5.82 Å². The van der Waals surface area contributed by atoms with Crippen LogP contribution in [0.2, 0.25) is 5.02 Å². The Bertz CT molecular complexity index is 867. The fourth-order valence-corrected chi connectivity index (χ4v) is 3.56. The number of piperidine rings is 1. The molecule has 1 fully saturated rings. The molecule has 5 nitrogen and oxygen atoms in total. The molecular weight excluding hydrogens is 393 g/mol. The molecule has 154 valence electrons. The lowest BCUT2D eigenvalue weighted by Crippen LogP contribution is -2.38. The zero-order valence-corrected chi connectivity index (χ0v) is 17.2. The highest BCUT2D eigenvalue weighted by Gasteiger charge is 2.20. The molecule has 0 unspecified atom stereocenters. The fourth-order valence-electron chi connectivity index (χ4n) is 3.33. The van der Waals surface area contributed by atoms with Crippen LogP contribution in [0.4, 0.5) is 10.2 Å². The first-order chi connectivity index (χ1) is 14.0. The van der Waals surface area contributed by atoms with Gasteiger partial charge in [0.05, 0.1) is 11.6 Å². The summed E-state index contributed by atoms with van der Waals surface area (Å²) >= 11 is 6.35. The third kappa shape index (κ3) is 6.54. The first kappa shape index (κ1) is 21.3. The molecule has 0 aliphatic carbocycles. The van der Waals surface area contributed by atoms with Crippen molar-refractivity contribution in [3.63, 3.8) is 0 Å². The number of ether oxygens (including phenoxy) is 1. The molecule has 0 atom stereocenters. The number of carbonyl (C=O) groups excluding carboxylic acids is 1. The van der Waals surface area contributed by atoms with Gasteiger partial charge >= 0.3 is 5.97 Å². The highest BCUT2D eigenvalue weighted by molar-refractivity contribution is 6.33. The molecule has 3 rings (SSSR count). The largest absolute Gasteiger partial charge is 0.463 e. The summed E-state index contributed by atoms with van der Waals surface area (Å²) in [5.74, 6) is 0.0553. The average molecular weight is 418 g/mol. The second kappa shape index (κ2) is 10.4. The van der Waals surface area contributed by atoms with Gasteiger partial charge in [-0.1, -0.05) is 23.7 Å². The molecule has 1 aliphatic rings. The summed E-state index contributed by atoms with van der Waals surface area (Å²) in [5.41, 5.74) is 1.73. The molecule has 1 saturated heterocycles. The van der Waals surface area contributed by atoms with E-state index in [9.17, 15) is 9.18 Å². The van der Waals surface area contributed by atoms with Crippen LogP contribution in [0.1, 0.15) is 30.9 Å². The van der Waals surface area contributed by atoms with Crippen LogP contribution in [-0.2, 0) is 16.1 Å². The molecule has 0 amide bonds. The Hall–Kier alpha value is -2.44. The highest BCUT2D eigenvalue weighted by atomic mass is 35.5. The Morgan fingerprint density at radius 1 is 1.38 bits per heavy atom. The zero-order valence-electron chi connectivity index (χ0n) is 16.4. The van der Waals surface area contributed by atoms with Gasteiger partial charge in [0.2, 0.25) is 0 Å². The van der Waals surface area contributed by atoms with Gasteiger partial charge in [-0.3, -0.25) is 4.90 Å². The number of anilines is 1. The average Bonchev–Trinajstić information content (AvgIpc) is 2.70. The number of halogens is 2. The van der Waals surface area contributed by atoms with Crippen LogP contribution in [0.3, 0.4) is 0 Å². The third-order valence-electron chi connectivity index (χ3n) is 4.78. The lowest BCUT2D eigenvalue weighted by atomic mass is 10.0. The molecule has 7 heteroatoms. The molecule has 2 aromatic rings. The summed E-state index contributed by atoms with van der Waals surface area (Å²) in [6, 6.07) is 8.81. The number of carbonyl (C=O) groups is 1. The standard InChI is InChI=1S/C22H25ClFN3O2/c1-2-29-21(28)7-6-16-13-20(23)22(25-14-16)26-19-8-10-27(11-9-19)15-17-4-3-5-18(24)12-17/h3-7,12-14,19H,2,8-11,15H2,1H3,(H,25,26). The van der Waals surface area contributed by atoms with Crippen LogP contribution in [0.5, 0.6) is 0 Å². The summed E-state index contributed by atoms with van der Waals surface area (Å²) in [6.07, 6.45) is 6.57. The number of pyridine rings is 1. The molecule has 1 aromatic heterocycles. The first-order valence-corrected chi connectivity index (χ1v) is 10.1. The topological polar surface area (TPSA) is 54.5 Å². The van der Waals surface area contributed by atoms with Crippen LogP contribution >= 0.6 is 11.6 Å². The van der Waals surface area contributed by atoms with E-state index in [1.165, 1.54) is 12.1 Å². The van der Waals surface area contributed by atoms with E-state index in [0.29, 0.717) is 17.4 Å². The lowest BCUT2D eigenvalue weighted by molar-refractivity contribution is -0.137. The van der Waals surface area contributed by atoms with Crippen molar-refractivity contribution in [1.82, 2.24) is 9.88 Å². The van der Waals surface area contributed by atoms with Crippen LogP contribution < -0.4 is 5.32 Å². The molecule has 0 spiro atoms. The van der Waals surface area contributed by atoms with Gasteiger partial charge in [-0.25, -0.2) is 14.2 Å². The highest BCUT2D eigenvalue weighted by Crippen LogP contribution is 2.24. The van der Waals surface area contributed by atoms with Crippen molar-refractivity contribution >= 4 is 29.5 Å². The molecular formula is C22H25ClFN3O2. The summed E-state index contributed by atoms with van der Waals surface area (Å²) in [4.78, 5) is 18.1. The van der Waals surface area contributed by atoms with Crippen LogP contribution in [-0.4, -0.2) is 41.6 Å². The van der Waals surface area contributed by atoms with Gasteiger partial charge in [0, 0.05) is 37.9 Å². The Kier molecular flexibility index (Phi) is 7.61. The van der Waals surface area contributed by atoms with Crippen molar-refractivity contribution in [1.29, 1.82) is 0 Å². The van der Waals surface area contributed by atoms with Gasteiger partial charge in [-0.15, -0.1) is 0 Å². The summed E-state index contributed by atoms with van der Waals surface area (Å²) in [6.45, 7) is 4.70. The quantitative estimate of drug-likeness (QED) is 0.530. The Balaban J connectivity index is 1.50. The maximum atomic E-state index is 13.3. The normalized spacial score (nSPS) is 15.6. The van der Waals surface area contributed by atoms with Crippen molar-refractivity contribution < 1.29 is 13.9 Å². The maximum Gasteiger partial charge on any atom is 0.330 e. The van der Waals surface area contributed by atoms with Gasteiger partial charge in [-0.2, -0.15) is 0 Å². The predicted octanol–water partition coefficient (Wildman–Crippen LogP) is 4.53. The number of hydrogen-bond donors (Lipinski definition) is 1. The molecule has 1 aromatic carbocycles. The number of likely N-dealkylation sites (tertiary alicyclic amines) is 1. The Labute approximate surface area is 175 Å². The van der Waals surface area contributed by atoms with E-state index in [-0.39, 0.29) is 11.9 Å². The first-order valence-electron chi connectivity index (χ1n) is 9.77. The van der Waals surface area contributed by atoms with E-state index >= 15 is 0 Å². The van der Waals surface area contributed by atoms with E-state index in [1.54, 1.807) is 37.4 Å². The zero-order chi connectivity index (χ0) is 20.6. The molecule has 1 aliphatic heterocycles. The molecule has 0 radical (unpaired) electrons. The maximum absolute atomic E-state index is 13.3. The minimum atomic E-state index is -0.393. The van der Waals surface area contributed by atoms with E-state index in [4.69, 9.17) is 16.3 Å². The molecule has 0 bridgehead atoms. The molecule has 0 saturated carbocycles. The van der Waals surface area contributed by atoms with Crippen LogP contribution in [0.25, 0.3) is 6.08 Å². The monoisotopic (exact) mass is 417 g/mol. The van der Waals surface area contributed by atoms with Gasteiger partial charge in [0.1, 0.15) is 11.6 Å². The molecule has 29 heavy (non-hydrogen) atoms. The smallest absolute Gasteiger partial charge is 0.330 e. The summed E-state index contributed by atoms with van der Waals surface area (Å²) in [5, 5.41) is 3.92. The predicted molar refractivity (Wildman–Crippen MR) is 113 cm³/mol. The Morgan fingerprint density at radius 3 is 2.86 bits per heavy atom. The van der Waals surface area contributed by atoms with Crippen molar-refractivity contribution in [3.05, 3.63) is 64.6 Å². The number of aromatic nitrogens is 1.